The van der Waals surface area contributed by atoms with Crippen LogP contribution in [0.4, 0.5) is 5.69 Å². The van der Waals surface area contributed by atoms with Crippen molar-refractivity contribution in [3.63, 3.8) is 0 Å². The summed E-state index contributed by atoms with van der Waals surface area (Å²) >= 11 is 0. The van der Waals surface area contributed by atoms with Gasteiger partial charge < -0.3 is 16.2 Å². The minimum atomic E-state index is -1.05. The van der Waals surface area contributed by atoms with Crippen molar-refractivity contribution < 1.29 is 14.7 Å². The van der Waals surface area contributed by atoms with Gasteiger partial charge in [0.1, 0.15) is 0 Å². The van der Waals surface area contributed by atoms with Gasteiger partial charge in [-0.3, -0.25) is 4.79 Å². The number of carbonyl (C=O) groups is 2. The lowest BCUT2D eigenvalue weighted by molar-refractivity contribution is -0.117. The molecule has 0 saturated heterocycles. The number of anilines is 1. The maximum Gasteiger partial charge on any atom is 0.337 e. The van der Waals surface area contributed by atoms with E-state index in [0.717, 1.165) is 5.56 Å². The Morgan fingerprint density at radius 2 is 2.27 bits per heavy atom. The van der Waals surface area contributed by atoms with Crippen molar-refractivity contribution in [3.05, 3.63) is 29.3 Å². The Hall–Kier alpha value is -1.88. The molecule has 15 heavy (non-hydrogen) atoms. The van der Waals surface area contributed by atoms with Crippen LogP contribution in [0.15, 0.2) is 18.2 Å². The van der Waals surface area contributed by atoms with E-state index < -0.39 is 12.0 Å². The van der Waals surface area contributed by atoms with Crippen LogP contribution in [0, 0.1) is 0 Å². The highest BCUT2D eigenvalue weighted by Gasteiger charge is 2.25. The molecule has 0 fully saturated rings. The molecule has 0 aromatic heterocycles. The van der Waals surface area contributed by atoms with E-state index in [9.17, 15) is 9.59 Å². The van der Waals surface area contributed by atoms with Crippen molar-refractivity contribution >= 4 is 17.6 Å². The van der Waals surface area contributed by atoms with E-state index in [1.165, 1.54) is 6.07 Å². The number of hydrogen-bond donors (Lipinski definition) is 3. The predicted octanol–water partition coefficient (Wildman–Crippen LogP) is 0.207. The van der Waals surface area contributed by atoms with Crippen LogP contribution in [-0.4, -0.2) is 23.0 Å². The zero-order chi connectivity index (χ0) is 11.0. The molecule has 4 N–H and O–H groups in total. The van der Waals surface area contributed by atoms with Gasteiger partial charge in [-0.25, -0.2) is 4.79 Å². The predicted molar refractivity (Wildman–Crippen MR) is 53.7 cm³/mol. The van der Waals surface area contributed by atoms with Gasteiger partial charge >= 0.3 is 5.97 Å². The Morgan fingerprint density at radius 1 is 1.53 bits per heavy atom. The Morgan fingerprint density at radius 3 is 2.93 bits per heavy atom. The molecule has 1 atom stereocenters. The molecule has 0 bridgehead atoms. The molecule has 2 rings (SSSR count). The highest BCUT2D eigenvalue weighted by Crippen LogP contribution is 2.26. The number of para-hydroxylation sites is 1. The molecule has 0 radical (unpaired) electrons. The van der Waals surface area contributed by atoms with Gasteiger partial charge in [-0.15, -0.1) is 0 Å². The van der Waals surface area contributed by atoms with Gasteiger partial charge in [-0.1, -0.05) is 12.1 Å². The maximum atomic E-state index is 11.3. The monoisotopic (exact) mass is 206 g/mol. The molecule has 1 heterocycles. The van der Waals surface area contributed by atoms with E-state index in [-0.39, 0.29) is 11.5 Å². The normalized spacial score (nSPS) is 19.3. The van der Waals surface area contributed by atoms with Gasteiger partial charge in [0.25, 0.3) is 0 Å². The van der Waals surface area contributed by atoms with E-state index in [1.54, 1.807) is 12.1 Å². The third-order valence-electron chi connectivity index (χ3n) is 2.41. The zero-order valence-corrected chi connectivity index (χ0v) is 7.86. The summed E-state index contributed by atoms with van der Waals surface area (Å²) in [6.07, 6.45) is 0.377. The van der Waals surface area contributed by atoms with Crippen molar-refractivity contribution in [2.24, 2.45) is 5.73 Å². The maximum absolute atomic E-state index is 11.3. The van der Waals surface area contributed by atoms with Gasteiger partial charge in [-0.2, -0.15) is 0 Å². The average Bonchev–Trinajstić information content (AvgIpc) is 2.18. The summed E-state index contributed by atoms with van der Waals surface area (Å²) in [6.45, 7) is 0. The minimum Gasteiger partial charge on any atom is -0.478 e. The summed E-state index contributed by atoms with van der Waals surface area (Å²) in [4.78, 5) is 22.2. The number of nitrogens with two attached hydrogens (primary N) is 1. The van der Waals surface area contributed by atoms with Crippen LogP contribution in [0.5, 0.6) is 0 Å². The summed E-state index contributed by atoms with van der Waals surface area (Å²) in [6, 6.07) is 4.27. The first-order chi connectivity index (χ1) is 7.09. The first-order valence-electron chi connectivity index (χ1n) is 4.51. The number of nitrogens with one attached hydrogen (secondary N) is 1. The van der Waals surface area contributed by atoms with Gasteiger partial charge in [-0.05, 0) is 18.1 Å². The van der Waals surface area contributed by atoms with Gasteiger partial charge in [0.05, 0.1) is 17.3 Å². The molecular formula is C10H10N2O3. The van der Waals surface area contributed by atoms with E-state index in [1.807, 2.05) is 0 Å². The summed E-state index contributed by atoms with van der Waals surface area (Å²) in [7, 11) is 0. The first kappa shape index (κ1) is 9.67. The third-order valence-corrected chi connectivity index (χ3v) is 2.41. The molecule has 5 nitrogen and oxygen atoms in total. The molecule has 1 aliphatic heterocycles. The molecule has 1 unspecified atom stereocenters. The lowest BCUT2D eigenvalue weighted by atomic mass is 9.96. The van der Waals surface area contributed by atoms with Crippen molar-refractivity contribution in [1.29, 1.82) is 0 Å². The highest BCUT2D eigenvalue weighted by atomic mass is 16.4. The summed E-state index contributed by atoms with van der Waals surface area (Å²) < 4.78 is 0. The molecule has 1 amide bonds. The van der Waals surface area contributed by atoms with Crippen LogP contribution in [0.25, 0.3) is 0 Å². The smallest absolute Gasteiger partial charge is 0.337 e. The van der Waals surface area contributed by atoms with E-state index >= 15 is 0 Å². The molecule has 0 aliphatic carbocycles. The summed E-state index contributed by atoms with van der Waals surface area (Å²) in [5.74, 6) is -1.39. The highest BCUT2D eigenvalue weighted by molar-refractivity contribution is 6.04. The van der Waals surface area contributed by atoms with Crippen molar-refractivity contribution in [2.45, 2.75) is 12.5 Å². The number of fused-ring (bicyclic) bond motifs is 1. The van der Waals surface area contributed by atoms with E-state index in [0.29, 0.717) is 12.1 Å². The number of carboxylic acid groups (broad SMARTS) is 1. The SMILES string of the molecule is NC1Cc2cccc(C(=O)O)c2NC1=O. The largest absolute Gasteiger partial charge is 0.478 e. The average molecular weight is 206 g/mol. The third kappa shape index (κ3) is 1.57. The number of carboxylic acids is 1. The topological polar surface area (TPSA) is 92.4 Å². The number of benzene rings is 1. The number of rotatable bonds is 1. The lowest BCUT2D eigenvalue weighted by Gasteiger charge is -2.22. The fourth-order valence-corrected chi connectivity index (χ4v) is 1.64. The van der Waals surface area contributed by atoms with Crippen LogP contribution < -0.4 is 11.1 Å². The van der Waals surface area contributed by atoms with Crippen LogP contribution in [0.1, 0.15) is 15.9 Å². The van der Waals surface area contributed by atoms with Crippen molar-refractivity contribution in [2.75, 3.05) is 5.32 Å². The Labute approximate surface area is 85.9 Å². The Bertz CT molecular complexity index is 442. The fraction of sp³-hybridized carbons (Fsp3) is 0.200. The molecule has 1 aromatic rings. The second kappa shape index (κ2) is 3.36. The van der Waals surface area contributed by atoms with Crippen LogP contribution in [0.3, 0.4) is 0 Å². The van der Waals surface area contributed by atoms with E-state index in [2.05, 4.69) is 5.32 Å². The van der Waals surface area contributed by atoms with Gasteiger partial charge in [0, 0.05) is 0 Å². The quantitative estimate of drug-likeness (QED) is 0.612. The van der Waals surface area contributed by atoms with Crippen LogP contribution >= 0.6 is 0 Å². The fourth-order valence-electron chi connectivity index (χ4n) is 1.64. The molecular weight excluding hydrogens is 196 g/mol. The number of amides is 1. The molecule has 0 spiro atoms. The van der Waals surface area contributed by atoms with Gasteiger partial charge in [0.2, 0.25) is 5.91 Å². The van der Waals surface area contributed by atoms with Crippen molar-refractivity contribution in [3.8, 4) is 0 Å². The van der Waals surface area contributed by atoms with Crippen LogP contribution in [-0.2, 0) is 11.2 Å². The molecule has 5 heteroatoms. The molecule has 0 saturated carbocycles. The number of hydrogen-bond acceptors (Lipinski definition) is 3. The lowest BCUT2D eigenvalue weighted by Crippen LogP contribution is -2.41. The van der Waals surface area contributed by atoms with Crippen molar-refractivity contribution in [1.82, 2.24) is 0 Å². The van der Waals surface area contributed by atoms with E-state index in [4.69, 9.17) is 10.8 Å². The summed E-state index contributed by atoms with van der Waals surface area (Å²) in [5.41, 5.74) is 6.80. The first-order valence-corrected chi connectivity index (χ1v) is 4.51. The Kier molecular flexibility index (Phi) is 2.17. The second-order valence-electron chi connectivity index (χ2n) is 3.44. The standard InChI is InChI=1S/C10H10N2O3/c11-7-4-5-2-1-3-6(10(14)15)8(5)12-9(7)13/h1-3,7H,4,11H2,(H,12,13)(H,14,15). The molecule has 1 aliphatic rings. The second-order valence-corrected chi connectivity index (χ2v) is 3.44. The number of carbonyl (C=O) groups excluding carboxylic acids is 1. The molecule has 78 valence electrons. The zero-order valence-electron chi connectivity index (χ0n) is 7.86. The Balaban J connectivity index is 2.52. The van der Waals surface area contributed by atoms with Gasteiger partial charge in [0.15, 0.2) is 0 Å². The summed E-state index contributed by atoms with van der Waals surface area (Å²) in [5, 5.41) is 11.4. The number of aromatic carboxylic acids is 1. The minimum absolute atomic E-state index is 0.104. The van der Waals surface area contributed by atoms with Crippen LogP contribution in [0.2, 0.25) is 0 Å². The molecule has 1 aromatic carbocycles.